The van der Waals surface area contributed by atoms with Crippen molar-refractivity contribution in [3.05, 3.63) is 24.0 Å². The summed E-state index contributed by atoms with van der Waals surface area (Å²) in [7, 11) is 1.77. The summed E-state index contributed by atoms with van der Waals surface area (Å²) >= 11 is 0. The van der Waals surface area contributed by atoms with E-state index in [4.69, 9.17) is 4.74 Å². The Bertz CT molecular complexity index is 407. The molecule has 0 spiro atoms. The molecule has 0 aromatic carbocycles. The van der Waals surface area contributed by atoms with Crippen LogP contribution in [0.3, 0.4) is 0 Å². The van der Waals surface area contributed by atoms with E-state index in [0.29, 0.717) is 18.7 Å². The van der Waals surface area contributed by atoms with Gasteiger partial charge in [-0.3, -0.25) is 9.78 Å². The lowest BCUT2D eigenvalue weighted by atomic mass is 10.2. The predicted octanol–water partition coefficient (Wildman–Crippen LogP) is 2.01. The minimum atomic E-state index is -0.0450. The number of carbonyl (C=O) groups is 1. The lowest BCUT2D eigenvalue weighted by molar-refractivity contribution is 0.0532. The number of ether oxygens (including phenoxy) is 1. The molecule has 1 aromatic heterocycles. The summed E-state index contributed by atoms with van der Waals surface area (Å²) in [4.78, 5) is 18.0. The maximum Gasteiger partial charge on any atom is 0.257 e. The van der Waals surface area contributed by atoms with Gasteiger partial charge in [-0.2, -0.15) is 0 Å². The average molecular weight is 265 g/mol. The molecule has 5 heteroatoms. The van der Waals surface area contributed by atoms with E-state index in [-0.39, 0.29) is 12.0 Å². The third kappa shape index (κ3) is 4.87. The maximum absolute atomic E-state index is 12.3. The Hall–Kier alpha value is -1.62. The van der Waals surface area contributed by atoms with Gasteiger partial charge in [0.1, 0.15) is 0 Å². The summed E-state index contributed by atoms with van der Waals surface area (Å²) in [6.45, 7) is 7.83. The van der Waals surface area contributed by atoms with Gasteiger partial charge >= 0.3 is 0 Å². The van der Waals surface area contributed by atoms with Crippen LogP contribution >= 0.6 is 0 Å². The van der Waals surface area contributed by atoms with Gasteiger partial charge < -0.3 is 15.0 Å². The third-order valence-corrected chi connectivity index (χ3v) is 2.64. The van der Waals surface area contributed by atoms with Crippen LogP contribution in [-0.2, 0) is 4.74 Å². The molecular formula is C14H23N3O2. The summed E-state index contributed by atoms with van der Waals surface area (Å²) in [5.74, 6) is -0.0450. The van der Waals surface area contributed by atoms with E-state index in [1.165, 1.54) is 0 Å². The largest absolute Gasteiger partial charge is 0.385 e. The molecule has 106 valence electrons. The second kappa shape index (κ2) is 7.74. The number of amides is 1. The minimum Gasteiger partial charge on any atom is -0.385 e. The number of hydrogen-bond donors (Lipinski definition) is 1. The van der Waals surface area contributed by atoms with Crippen molar-refractivity contribution in [1.82, 2.24) is 9.88 Å². The van der Waals surface area contributed by atoms with Crippen LogP contribution in [0.5, 0.6) is 0 Å². The summed E-state index contributed by atoms with van der Waals surface area (Å²) in [5.41, 5.74) is 1.41. The number of anilines is 1. The van der Waals surface area contributed by atoms with Gasteiger partial charge in [0.2, 0.25) is 0 Å². The number of nitrogens with zero attached hydrogens (tertiary/aromatic N) is 2. The van der Waals surface area contributed by atoms with E-state index in [2.05, 4.69) is 10.3 Å². The number of hydrogen-bond acceptors (Lipinski definition) is 4. The van der Waals surface area contributed by atoms with Crippen LogP contribution in [0, 0.1) is 0 Å². The van der Waals surface area contributed by atoms with E-state index in [9.17, 15) is 4.79 Å². The van der Waals surface area contributed by atoms with Crippen molar-refractivity contribution in [2.45, 2.75) is 26.9 Å². The van der Waals surface area contributed by atoms with Gasteiger partial charge in [-0.1, -0.05) is 0 Å². The molecule has 0 bridgehead atoms. The number of aromatic nitrogens is 1. The summed E-state index contributed by atoms with van der Waals surface area (Å²) in [6, 6.07) is 1.81. The standard InChI is InChI=1S/C14H23N3O2/c1-5-16-13-6-7-15-10-12(13)14(18)17(4)8-9-19-11(2)3/h6-7,10-11H,5,8-9H2,1-4H3,(H,15,16). The zero-order valence-electron chi connectivity index (χ0n) is 12.1. The first-order valence-electron chi connectivity index (χ1n) is 6.61. The summed E-state index contributed by atoms with van der Waals surface area (Å²) in [6.07, 6.45) is 3.45. The van der Waals surface area contributed by atoms with Crippen LogP contribution in [0.15, 0.2) is 18.5 Å². The molecule has 0 atom stereocenters. The fraction of sp³-hybridized carbons (Fsp3) is 0.571. The molecule has 1 aromatic rings. The first-order chi connectivity index (χ1) is 9.06. The van der Waals surface area contributed by atoms with Crippen LogP contribution in [-0.4, -0.2) is 48.6 Å². The second-order valence-electron chi connectivity index (χ2n) is 4.60. The maximum atomic E-state index is 12.3. The topological polar surface area (TPSA) is 54.5 Å². The molecule has 1 N–H and O–H groups in total. The van der Waals surface area contributed by atoms with Crippen molar-refractivity contribution in [3.63, 3.8) is 0 Å². The van der Waals surface area contributed by atoms with E-state index < -0.39 is 0 Å². The lowest BCUT2D eigenvalue weighted by Gasteiger charge is -2.19. The highest BCUT2D eigenvalue weighted by Crippen LogP contribution is 2.15. The smallest absolute Gasteiger partial charge is 0.257 e. The quantitative estimate of drug-likeness (QED) is 0.819. The normalized spacial score (nSPS) is 10.6. The van der Waals surface area contributed by atoms with Crippen molar-refractivity contribution in [3.8, 4) is 0 Å². The molecule has 0 aliphatic rings. The Morgan fingerprint density at radius 2 is 2.26 bits per heavy atom. The van der Waals surface area contributed by atoms with Gasteiger partial charge in [-0.15, -0.1) is 0 Å². The zero-order chi connectivity index (χ0) is 14.3. The van der Waals surface area contributed by atoms with Crippen LogP contribution in [0.4, 0.5) is 5.69 Å². The summed E-state index contributed by atoms with van der Waals surface area (Å²) in [5, 5.41) is 3.17. The van der Waals surface area contributed by atoms with E-state index >= 15 is 0 Å². The monoisotopic (exact) mass is 265 g/mol. The van der Waals surface area contributed by atoms with Crippen molar-refractivity contribution in [2.75, 3.05) is 32.1 Å². The number of likely N-dealkylation sites (N-methyl/N-ethyl adjacent to an activating group) is 1. The molecule has 0 saturated heterocycles. The van der Waals surface area contributed by atoms with Gasteiger partial charge in [0, 0.05) is 32.5 Å². The first-order valence-corrected chi connectivity index (χ1v) is 6.61. The lowest BCUT2D eigenvalue weighted by Crippen LogP contribution is -2.31. The van der Waals surface area contributed by atoms with E-state index in [0.717, 1.165) is 12.2 Å². The first kappa shape index (κ1) is 15.4. The van der Waals surface area contributed by atoms with Gasteiger partial charge in [-0.05, 0) is 26.8 Å². The van der Waals surface area contributed by atoms with Crippen LogP contribution in [0.2, 0.25) is 0 Å². The molecule has 19 heavy (non-hydrogen) atoms. The van der Waals surface area contributed by atoms with Crippen molar-refractivity contribution >= 4 is 11.6 Å². The Labute approximate surface area is 115 Å². The van der Waals surface area contributed by atoms with Gasteiger partial charge in [-0.25, -0.2) is 0 Å². The van der Waals surface area contributed by atoms with Crippen LogP contribution < -0.4 is 5.32 Å². The molecule has 0 fully saturated rings. The Morgan fingerprint density at radius 1 is 1.53 bits per heavy atom. The molecule has 0 aliphatic carbocycles. The van der Waals surface area contributed by atoms with Gasteiger partial charge in [0.05, 0.1) is 24.0 Å². The van der Waals surface area contributed by atoms with E-state index in [1.54, 1.807) is 24.3 Å². The molecule has 1 rings (SSSR count). The molecule has 0 radical (unpaired) electrons. The predicted molar refractivity (Wildman–Crippen MR) is 76.4 cm³/mol. The van der Waals surface area contributed by atoms with Gasteiger partial charge in [0.15, 0.2) is 0 Å². The van der Waals surface area contributed by atoms with Crippen molar-refractivity contribution in [2.24, 2.45) is 0 Å². The minimum absolute atomic E-state index is 0.0450. The summed E-state index contributed by atoms with van der Waals surface area (Å²) < 4.78 is 5.45. The van der Waals surface area contributed by atoms with E-state index in [1.807, 2.05) is 26.8 Å². The highest BCUT2D eigenvalue weighted by molar-refractivity contribution is 5.99. The third-order valence-electron chi connectivity index (χ3n) is 2.64. The van der Waals surface area contributed by atoms with Crippen LogP contribution in [0.25, 0.3) is 0 Å². The number of rotatable bonds is 7. The highest BCUT2D eigenvalue weighted by atomic mass is 16.5. The SMILES string of the molecule is CCNc1ccncc1C(=O)N(C)CCOC(C)C. The van der Waals surface area contributed by atoms with Crippen molar-refractivity contribution < 1.29 is 9.53 Å². The Kier molecular flexibility index (Phi) is 6.29. The second-order valence-corrected chi connectivity index (χ2v) is 4.60. The highest BCUT2D eigenvalue weighted by Gasteiger charge is 2.15. The van der Waals surface area contributed by atoms with Crippen LogP contribution in [0.1, 0.15) is 31.1 Å². The molecule has 5 nitrogen and oxygen atoms in total. The number of carbonyl (C=O) groups excluding carboxylic acids is 1. The van der Waals surface area contributed by atoms with Crippen molar-refractivity contribution in [1.29, 1.82) is 0 Å². The fourth-order valence-electron chi connectivity index (χ4n) is 1.64. The van der Waals surface area contributed by atoms with Gasteiger partial charge in [0.25, 0.3) is 5.91 Å². The number of pyridine rings is 1. The zero-order valence-corrected chi connectivity index (χ0v) is 12.1. The molecular weight excluding hydrogens is 242 g/mol. The molecule has 0 saturated carbocycles. The average Bonchev–Trinajstić information content (AvgIpc) is 2.38. The molecule has 0 unspecified atom stereocenters. The Balaban J connectivity index is 2.65. The molecule has 1 amide bonds. The fourth-order valence-corrected chi connectivity index (χ4v) is 1.64. The number of nitrogens with one attached hydrogen (secondary N) is 1. The Morgan fingerprint density at radius 3 is 2.89 bits per heavy atom. The molecule has 1 heterocycles. The molecule has 0 aliphatic heterocycles.